The van der Waals surface area contributed by atoms with Crippen LogP contribution in [-0.4, -0.2) is 19.0 Å². The summed E-state index contributed by atoms with van der Waals surface area (Å²) in [5, 5.41) is 0.918. The van der Waals surface area contributed by atoms with Crippen LogP contribution in [0, 0.1) is 11.7 Å². The van der Waals surface area contributed by atoms with Crippen LogP contribution in [0.5, 0.6) is 5.06 Å². The number of allylic oxidation sites excluding steroid dienone is 1. The zero-order valence-corrected chi connectivity index (χ0v) is 15.1. The molecule has 4 heteroatoms. The summed E-state index contributed by atoms with van der Waals surface area (Å²) in [6.07, 6.45) is 8.39. The molecule has 0 amide bonds. The average molecular weight is 345 g/mol. The second-order valence-electron chi connectivity index (χ2n) is 6.50. The number of ether oxygens (including phenoxy) is 1. The lowest BCUT2D eigenvalue weighted by Gasteiger charge is -2.31. The van der Waals surface area contributed by atoms with Gasteiger partial charge in [0, 0.05) is 10.9 Å². The first-order chi connectivity index (χ1) is 11.6. The summed E-state index contributed by atoms with van der Waals surface area (Å²) < 4.78 is 18.8. The van der Waals surface area contributed by atoms with Crippen molar-refractivity contribution in [2.75, 3.05) is 14.1 Å². The van der Waals surface area contributed by atoms with E-state index in [4.69, 9.17) is 4.74 Å². The van der Waals surface area contributed by atoms with Crippen molar-refractivity contribution in [3.63, 3.8) is 0 Å². The molecule has 0 radical (unpaired) electrons. The van der Waals surface area contributed by atoms with Crippen LogP contribution in [0.25, 0.3) is 0 Å². The van der Waals surface area contributed by atoms with Crippen molar-refractivity contribution < 1.29 is 9.13 Å². The number of benzene rings is 1. The summed E-state index contributed by atoms with van der Waals surface area (Å²) in [7, 11) is 4.29. The van der Waals surface area contributed by atoms with Gasteiger partial charge in [-0.15, -0.1) is 11.3 Å². The van der Waals surface area contributed by atoms with E-state index in [1.807, 2.05) is 6.07 Å². The fourth-order valence-electron chi connectivity index (χ4n) is 3.26. The highest BCUT2D eigenvalue weighted by molar-refractivity contribution is 7.13. The first kappa shape index (κ1) is 17.2. The Morgan fingerprint density at radius 1 is 1.21 bits per heavy atom. The van der Waals surface area contributed by atoms with Gasteiger partial charge in [-0.2, -0.15) is 0 Å². The Hall–Kier alpha value is -1.65. The molecule has 0 bridgehead atoms. The Kier molecular flexibility index (Phi) is 5.69. The molecule has 24 heavy (non-hydrogen) atoms. The van der Waals surface area contributed by atoms with Gasteiger partial charge < -0.3 is 9.64 Å². The van der Waals surface area contributed by atoms with Crippen LogP contribution in [0.4, 0.5) is 4.39 Å². The number of halogens is 1. The zero-order chi connectivity index (χ0) is 16.9. The van der Waals surface area contributed by atoms with E-state index in [-0.39, 0.29) is 5.82 Å². The molecule has 1 aromatic carbocycles. The van der Waals surface area contributed by atoms with Gasteiger partial charge in [-0.05, 0) is 69.1 Å². The van der Waals surface area contributed by atoms with E-state index >= 15 is 0 Å². The predicted molar refractivity (Wildman–Crippen MR) is 98.0 cm³/mol. The number of nitrogens with zero attached hydrogens (tertiary/aromatic N) is 1. The highest BCUT2D eigenvalue weighted by atomic mass is 32.1. The van der Waals surface area contributed by atoms with Gasteiger partial charge in [0.25, 0.3) is 0 Å². The molecule has 3 rings (SSSR count). The number of rotatable bonds is 6. The first-order valence-electron chi connectivity index (χ1n) is 8.43. The largest absolute Gasteiger partial charge is 0.479 e. The predicted octanol–water partition coefficient (Wildman–Crippen LogP) is 5.43. The molecule has 2 atom stereocenters. The summed E-state index contributed by atoms with van der Waals surface area (Å²) >= 11 is 1.71. The lowest BCUT2D eigenvalue weighted by atomic mass is 9.88. The third kappa shape index (κ3) is 4.25. The van der Waals surface area contributed by atoms with Gasteiger partial charge in [0.15, 0.2) is 5.06 Å². The molecular weight excluding hydrogens is 321 g/mol. The van der Waals surface area contributed by atoms with Gasteiger partial charge in [-0.3, -0.25) is 0 Å². The molecule has 2 unspecified atom stereocenters. The Labute approximate surface area is 147 Å². The van der Waals surface area contributed by atoms with Crippen molar-refractivity contribution in [2.24, 2.45) is 5.92 Å². The third-order valence-electron chi connectivity index (χ3n) is 4.44. The van der Waals surface area contributed by atoms with Crippen LogP contribution >= 0.6 is 11.3 Å². The molecule has 0 saturated carbocycles. The topological polar surface area (TPSA) is 12.5 Å². The van der Waals surface area contributed by atoms with Crippen LogP contribution in [0.3, 0.4) is 0 Å². The highest BCUT2D eigenvalue weighted by Crippen LogP contribution is 2.39. The normalized spacial score (nSPS) is 18.8. The van der Waals surface area contributed by atoms with Gasteiger partial charge >= 0.3 is 0 Å². The van der Waals surface area contributed by atoms with Crippen molar-refractivity contribution in [3.8, 4) is 5.06 Å². The van der Waals surface area contributed by atoms with Gasteiger partial charge in [-0.1, -0.05) is 24.3 Å². The minimum absolute atomic E-state index is 0.216. The average Bonchev–Trinajstić information content (AvgIpc) is 3.03. The first-order valence-corrected chi connectivity index (χ1v) is 9.25. The minimum atomic E-state index is -0.216. The van der Waals surface area contributed by atoms with E-state index in [0.717, 1.165) is 10.6 Å². The summed E-state index contributed by atoms with van der Waals surface area (Å²) in [5.41, 5.74) is 0.978. The lowest BCUT2D eigenvalue weighted by molar-refractivity contribution is 0.231. The monoisotopic (exact) mass is 345 g/mol. The summed E-state index contributed by atoms with van der Waals surface area (Å²) in [4.78, 5) is 3.64. The van der Waals surface area contributed by atoms with Crippen molar-refractivity contribution in [1.82, 2.24) is 4.90 Å². The third-order valence-corrected chi connectivity index (χ3v) is 5.51. The molecule has 2 nitrogen and oxygen atoms in total. The zero-order valence-electron chi connectivity index (χ0n) is 14.2. The van der Waals surface area contributed by atoms with Gasteiger partial charge in [0.1, 0.15) is 12.4 Å². The summed E-state index contributed by atoms with van der Waals surface area (Å²) in [6, 6.07) is 11.1. The molecule has 0 N–H and O–H groups in total. The molecule has 1 aromatic heterocycles. The van der Waals surface area contributed by atoms with Crippen LogP contribution in [-0.2, 0) is 6.61 Å². The molecule has 1 aliphatic rings. The molecular formula is C20H24FNOS. The fourth-order valence-corrected chi connectivity index (χ4v) is 4.38. The van der Waals surface area contributed by atoms with E-state index in [9.17, 15) is 4.39 Å². The van der Waals surface area contributed by atoms with Gasteiger partial charge in [0.05, 0.1) is 0 Å². The van der Waals surface area contributed by atoms with Gasteiger partial charge in [-0.25, -0.2) is 4.39 Å². The molecule has 0 spiro atoms. The molecule has 2 aromatic rings. The molecule has 0 fully saturated rings. The van der Waals surface area contributed by atoms with E-state index in [2.05, 4.69) is 37.2 Å². The minimum Gasteiger partial charge on any atom is -0.479 e. The summed E-state index contributed by atoms with van der Waals surface area (Å²) in [6.45, 7) is 0.468. The van der Waals surface area contributed by atoms with Crippen LogP contribution in [0.1, 0.15) is 35.7 Å². The maximum absolute atomic E-state index is 12.9. The number of hydrogen-bond acceptors (Lipinski definition) is 3. The summed E-state index contributed by atoms with van der Waals surface area (Å²) in [5.74, 6) is 0.351. The number of hydrogen-bond donors (Lipinski definition) is 0. The standard InChI is InChI=1S/C20H24FNOS/c1-22(2)20(16-6-4-3-5-7-16)18-12-13-19(24-18)23-14-15-8-10-17(21)11-9-15/h4,6,8-13,16,20H,3,5,7,14H2,1-2H3. The molecule has 0 saturated heterocycles. The Balaban J connectivity index is 1.67. The quantitative estimate of drug-likeness (QED) is 0.648. The molecule has 128 valence electrons. The maximum Gasteiger partial charge on any atom is 0.174 e. The van der Waals surface area contributed by atoms with Crippen molar-refractivity contribution in [2.45, 2.75) is 31.9 Å². The van der Waals surface area contributed by atoms with Crippen molar-refractivity contribution in [1.29, 1.82) is 0 Å². The smallest absolute Gasteiger partial charge is 0.174 e. The van der Waals surface area contributed by atoms with E-state index in [1.54, 1.807) is 23.5 Å². The SMILES string of the molecule is CN(C)C(c1ccc(OCc2ccc(F)cc2)s1)C1C=CCCC1. The lowest BCUT2D eigenvalue weighted by Crippen LogP contribution is -2.26. The Morgan fingerprint density at radius 2 is 2.00 bits per heavy atom. The van der Waals surface area contributed by atoms with E-state index in [1.165, 1.54) is 36.3 Å². The van der Waals surface area contributed by atoms with Crippen molar-refractivity contribution in [3.05, 3.63) is 64.8 Å². The van der Waals surface area contributed by atoms with E-state index in [0.29, 0.717) is 18.6 Å². The Bertz CT molecular complexity index is 677. The van der Waals surface area contributed by atoms with Gasteiger partial charge in [0.2, 0.25) is 0 Å². The fraction of sp³-hybridized carbons (Fsp3) is 0.400. The second kappa shape index (κ2) is 7.95. The number of thiophene rings is 1. The van der Waals surface area contributed by atoms with E-state index < -0.39 is 0 Å². The van der Waals surface area contributed by atoms with Crippen LogP contribution < -0.4 is 4.74 Å². The molecule has 0 aliphatic heterocycles. The Morgan fingerprint density at radius 3 is 2.67 bits per heavy atom. The highest BCUT2D eigenvalue weighted by Gasteiger charge is 2.25. The molecule has 1 heterocycles. The molecule has 1 aliphatic carbocycles. The van der Waals surface area contributed by atoms with Crippen LogP contribution in [0.2, 0.25) is 0 Å². The second-order valence-corrected chi connectivity index (χ2v) is 7.58. The maximum atomic E-state index is 12.9. The van der Waals surface area contributed by atoms with Crippen molar-refractivity contribution >= 4 is 11.3 Å². The van der Waals surface area contributed by atoms with Crippen LogP contribution in [0.15, 0.2) is 48.6 Å².